The largest absolute Gasteiger partial charge is 0.490 e. The highest BCUT2D eigenvalue weighted by Gasteiger charge is 2.44. The van der Waals surface area contributed by atoms with Crippen molar-refractivity contribution in [3.63, 3.8) is 0 Å². The molecule has 2 aliphatic heterocycles. The number of piperidine rings is 1. The zero-order valence-electron chi connectivity index (χ0n) is 16.8. The molecule has 2 amide bonds. The fraction of sp³-hybridized carbons (Fsp3) is 0.600. The number of carboxylic acid groups (broad SMARTS) is 1. The second-order valence-corrected chi connectivity index (χ2v) is 8.00. The lowest BCUT2D eigenvalue weighted by molar-refractivity contribution is -0.192. The first-order chi connectivity index (χ1) is 14.6. The van der Waals surface area contributed by atoms with E-state index < -0.39 is 12.1 Å². The Morgan fingerprint density at radius 2 is 1.87 bits per heavy atom. The summed E-state index contributed by atoms with van der Waals surface area (Å²) in [6.07, 6.45) is 0.596. The summed E-state index contributed by atoms with van der Waals surface area (Å²) in [6, 6.07) is 5.39. The number of alkyl halides is 3. The predicted molar refractivity (Wildman–Crippen MR) is 101 cm³/mol. The molecule has 0 atom stereocenters. The highest BCUT2D eigenvalue weighted by Crippen LogP contribution is 2.35. The summed E-state index contributed by atoms with van der Waals surface area (Å²) < 4.78 is 37.7. The first-order valence-corrected chi connectivity index (χ1v) is 10.0. The Labute approximate surface area is 177 Å². The topological polar surface area (TPSA) is 100 Å². The molecule has 1 saturated carbocycles. The van der Waals surface area contributed by atoms with Gasteiger partial charge in [0.15, 0.2) is 0 Å². The van der Waals surface area contributed by atoms with Gasteiger partial charge in [0.05, 0.1) is 5.60 Å². The van der Waals surface area contributed by atoms with Gasteiger partial charge < -0.3 is 19.6 Å². The molecule has 31 heavy (non-hydrogen) atoms. The molecule has 1 N–H and O–H groups in total. The molecule has 0 radical (unpaired) electrons. The third kappa shape index (κ3) is 6.16. The number of hydrogen-bond donors (Lipinski definition) is 1. The number of aliphatic carboxylic acids is 1. The number of carboxylic acids is 1. The van der Waals surface area contributed by atoms with Crippen molar-refractivity contribution in [3.8, 4) is 0 Å². The number of pyridine rings is 1. The van der Waals surface area contributed by atoms with Crippen LogP contribution in [0.4, 0.5) is 13.2 Å². The minimum absolute atomic E-state index is 0.0211. The van der Waals surface area contributed by atoms with Gasteiger partial charge in [-0.2, -0.15) is 13.2 Å². The standard InChI is InChI=1S/C18H23N3O3.C2HF3O2/c22-16-12-24-18(13-21(16)11-14-4-5-14)6-9-20(10-7-18)17(23)15-3-1-2-8-19-15;3-2(4,5)1(6)7/h1-3,8,14H,4-7,9-13H2;(H,6,7). The summed E-state index contributed by atoms with van der Waals surface area (Å²) in [5.74, 6) is -1.98. The van der Waals surface area contributed by atoms with Crippen molar-refractivity contribution in [2.45, 2.75) is 37.5 Å². The van der Waals surface area contributed by atoms with Crippen molar-refractivity contribution in [2.24, 2.45) is 5.92 Å². The second kappa shape index (κ2) is 9.21. The van der Waals surface area contributed by atoms with E-state index in [0.717, 1.165) is 19.4 Å². The van der Waals surface area contributed by atoms with Crippen LogP contribution < -0.4 is 0 Å². The zero-order chi connectivity index (χ0) is 22.6. The SMILES string of the molecule is O=C(O)C(F)(F)F.O=C1COC2(CCN(C(=O)c3ccccn3)CC2)CN1CC1CC1. The number of morpholine rings is 1. The maximum atomic E-state index is 12.5. The summed E-state index contributed by atoms with van der Waals surface area (Å²) in [5, 5.41) is 7.12. The third-order valence-corrected chi connectivity index (χ3v) is 5.60. The van der Waals surface area contributed by atoms with Crippen LogP contribution in [0.2, 0.25) is 0 Å². The van der Waals surface area contributed by atoms with Gasteiger partial charge in [0, 0.05) is 32.4 Å². The number of halogens is 3. The maximum Gasteiger partial charge on any atom is 0.490 e. The first kappa shape index (κ1) is 23.0. The molecular weight excluding hydrogens is 419 g/mol. The number of carbonyl (C=O) groups is 3. The third-order valence-electron chi connectivity index (χ3n) is 5.60. The molecule has 0 bridgehead atoms. The van der Waals surface area contributed by atoms with Crippen molar-refractivity contribution in [2.75, 3.05) is 32.8 Å². The van der Waals surface area contributed by atoms with Crippen LogP contribution >= 0.6 is 0 Å². The number of amides is 2. The molecule has 1 spiro atoms. The number of likely N-dealkylation sites (tertiary alicyclic amines) is 1. The van der Waals surface area contributed by atoms with Crippen molar-refractivity contribution in [3.05, 3.63) is 30.1 Å². The molecule has 3 fully saturated rings. The Balaban J connectivity index is 0.000000339. The van der Waals surface area contributed by atoms with Crippen LogP contribution in [0.1, 0.15) is 36.2 Å². The van der Waals surface area contributed by atoms with E-state index >= 15 is 0 Å². The molecule has 4 rings (SSSR count). The van der Waals surface area contributed by atoms with E-state index in [1.165, 1.54) is 12.8 Å². The quantitative estimate of drug-likeness (QED) is 0.767. The first-order valence-electron chi connectivity index (χ1n) is 10.0. The number of ether oxygens (including phenoxy) is 1. The lowest BCUT2D eigenvalue weighted by Gasteiger charge is -2.47. The Morgan fingerprint density at radius 1 is 1.23 bits per heavy atom. The molecule has 1 aromatic heterocycles. The summed E-state index contributed by atoms with van der Waals surface area (Å²) in [6.45, 7) is 3.04. The average Bonchev–Trinajstić information content (AvgIpc) is 3.56. The molecule has 170 valence electrons. The van der Waals surface area contributed by atoms with Gasteiger partial charge in [0.25, 0.3) is 5.91 Å². The van der Waals surface area contributed by atoms with Gasteiger partial charge in [-0.3, -0.25) is 14.6 Å². The van der Waals surface area contributed by atoms with E-state index in [1.807, 2.05) is 21.9 Å². The van der Waals surface area contributed by atoms with Crippen LogP contribution in [-0.4, -0.2) is 82.2 Å². The Bertz CT molecular complexity index is 806. The fourth-order valence-electron chi connectivity index (χ4n) is 3.64. The number of nitrogens with zero attached hydrogens (tertiary/aromatic N) is 3. The lowest BCUT2D eigenvalue weighted by atomic mass is 9.89. The van der Waals surface area contributed by atoms with E-state index in [4.69, 9.17) is 14.6 Å². The van der Waals surface area contributed by atoms with Gasteiger partial charge in [0.1, 0.15) is 12.3 Å². The summed E-state index contributed by atoms with van der Waals surface area (Å²) in [7, 11) is 0. The van der Waals surface area contributed by atoms with E-state index in [0.29, 0.717) is 31.2 Å². The Hall–Kier alpha value is -2.69. The van der Waals surface area contributed by atoms with E-state index in [1.54, 1.807) is 12.3 Å². The Morgan fingerprint density at radius 3 is 2.39 bits per heavy atom. The van der Waals surface area contributed by atoms with Gasteiger partial charge >= 0.3 is 12.1 Å². The number of hydrogen-bond acceptors (Lipinski definition) is 5. The van der Waals surface area contributed by atoms with Crippen LogP contribution in [0.3, 0.4) is 0 Å². The van der Waals surface area contributed by atoms with Gasteiger partial charge in [-0.25, -0.2) is 4.79 Å². The van der Waals surface area contributed by atoms with Gasteiger partial charge in [-0.1, -0.05) is 6.07 Å². The minimum atomic E-state index is -5.08. The van der Waals surface area contributed by atoms with Crippen LogP contribution in [0.25, 0.3) is 0 Å². The van der Waals surface area contributed by atoms with E-state index in [-0.39, 0.29) is 24.0 Å². The fourth-order valence-corrected chi connectivity index (χ4v) is 3.64. The zero-order valence-corrected chi connectivity index (χ0v) is 16.8. The van der Waals surface area contributed by atoms with Crippen LogP contribution in [-0.2, 0) is 14.3 Å². The summed E-state index contributed by atoms with van der Waals surface area (Å²) in [4.78, 5) is 41.4. The molecule has 3 heterocycles. The highest BCUT2D eigenvalue weighted by molar-refractivity contribution is 5.92. The van der Waals surface area contributed by atoms with Crippen LogP contribution in [0, 0.1) is 5.92 Å². The Kier molecular flexibility index (Phi) is 6.83. The van der Waals surface area contributed by atoms with Crippen molar-refractivity contribution in [1.82, 2.24) is 14.8 Å². The maximum absolute atomic E-state index is 12.5. The number of aromatic nitrogens is 1. The smallest absolute Gasteiger partial charge is 0.475 e. The average molecular weight is 443 g/mol. The molecule has 1 aromatic rings. The van der Waals surface area contributed by atoms with Crippen LogP contribution in [0.15, 0.2) is 24.4 Å². The predicted octanol–water partition coefficient (Wildman–Crippen LogP) is 1.96. The summed E-state index contributed by atoms with van der Waals surface area (Å²) >= 11 is 0. The van der Waals surface area contributed by atoms with Crippen LogP contribution in [0.5, 0.6) is 0 Å². The molecule has 8 nitrogen and oxygen atoms in total. The lowest BCUT2D eigenvalue weighted by Crippen LogP contribution is -2.59. The van der Waals surface area contributed by atoms with Crippen molar-refractivity contribution < 1.29 is 37.4 Å². The van der Waals surface area contributed by atoms with E-state index in [2.05, 4.69) is 4.98 Å². The monoisotopic (exact) mass is 443 g/mol. The van der Waals surface area contributed by atoms with E-state index in [9.17, 15) is 22.8 Å². The van der Waals surface area contributed by atoms with Gasteiger partial charge in [-0.15, -0.1) is 0 Å². The minimum Gasteiger partial charge on any atom is -0.475 e. The molecular formula is C20H24F3N3O5. The van der Waals surface area contributed by atoms with Gasteiger partial charge in [-0.05, 0) is 43.7 Å². The molecule has 11 heteroatoms. The number of carbonyl (C=O) groups excluding carboxylic acids is 2. The van der Waals surface area contributed by atoms with Crippen molar-refractivity contribution in [1.29, 1.82) is 0 Å². The highest BCUT2D eigenvalue weighted by atomic mass is 19.4. The normalized spacial score (nSPS) is 20.8. The summed E-state index contributed by atoms with van der Waals surface area (Å²) in [5.41, 5.74) is 0.215. The molecule has 3 aliphatic rings. The number of rotatable bonds is 3. The molecule has 0 aromatic carbocycles. The second-order valence-electron chi connectivity index (χ2n) is 8.00. The molecule has 1 aliphatic carbocycles. The van der Waals surface area contributed by atoms with Gasteiger partial charge in [0.2, 0.25) is 5.91 Å². The van der Waals surface area contributed by atoms with Crippen molar-refractivity contribution >= 4 is 17.8 Å². The molecule has 0 unspecified atom stereocenters. The molecule has 2 saturated heterocycles.